The fourth-order valence-electron chi connectivity index (χ4n) is 2.36. The molecular weight excluding hydrogens is 262 g/mol. The second-order valence-electron chi connectivity index (χ2n) is 4.44. The van der Waals surface area contributed by atoms with Crippen LogP contribution in [0.1, 0.15) is 17.2 Å². The summed E-state index contributed by atoms with van der Waals surface area (Å²) in [4.78, 5) is 2.64. The van der Waals surface area contributed by atoms with Crippen LogP contribution in [0.25, 0.3) is 0 Å². The van der Waals surface area contributed by atoms with Gasteiger partial charge in [-0.3, -0.25) is 0 Å². The summed E-state index contributed by atoms with van der Waals surface area (Å²) in [6, 6.07) is 15.1. The van der Waals surface area contributed by atoms with Crippen molar-refractivity contribution in [2.45, 2.75) is 22.3 Å². The van der Waals surface area contributed by atoms with E-state index in [9.17, 15) is 0 Å². The number of fused-ring (bicyclic) bond motifs is 2. The van der Waals surface area contributed by atoms with Crippen LogP contribution >= 0.6 is 23.4 Å². The average Bonchev–Trinajstić information content (AvgIpc) is 2.54. The molecule has 1 nitrogen and oxygen atoms in total. The molecule has 1 N–H and O–H groups in total. The van der Waals surface area contributed by atoms with Crippen molar-refractivity contribution < 1.29 is 0 Å². The molecule has 0 bridgehead atoms. The number of nitrogens with one attached hydrogen (secondary N) is 1. The Hall–Kier alpha value is -0.960. The fraction of sp³-hybridized carbons (Fsp3) is 0.200. The van der Waals surface area contributed by atoms with Gasteiger partial charge in [-0.1, -0.05) is 41.6 Å². The highest BCUT2D eigenvalue weighted by atomic mass is 35.5. The zero-order valence-corrected chi connectivity index (χ0v) is 11.7. The van der Waals surface area contributed by atoms with Crippen LogP contribution in [0.3, 0.4) is 0 Å². The van der Waals surface area contributed by atoms with Gasteiger partial charge in [-0.2, -0.15) is 0 Å². The highest BCUT2D eigenvalue weighted by molar-refractivity contribution is 7.99. The number of likely N-dealkylation sites (N-methyl/N-ethyl adjacent to an activating group) is 1. The maximum atomic E-state index is 6.13. The Kier molecular flexibility index (Phi) is 3.33. The lowest BCUT2D eigenvalue weighted by Gasteiger charge is -2.16. The van der Waals surface area contributed by atoms with Crippen molar-refractivity contribution in [1.82, 2.24) is 5.32 Å². The van der Waals surface area contributed by atoms with E-state index in [0.29, 0.717) is 6.04 Å². The van der Waals surface area contributed by atoms with Crippen molar-refractivity contribution in [3.63, 3.8) is 0 Å². The minimum atomic E-state index is 0.329. The zero-order valence-electron chi connectivity index (χ0n) is 10.1. The molecule has 2 aromatic rings. The summed E-state index contributed by atoms with van der Waals surface area (Å²) < 4.78 is 0. The van der Waals surface area contributed by atoms with E-state index in [2.05, 4.69) is 41.7 Å². The second-order valence-corrected chi connectivity index (χ2v) is 5.96. The van der Waals surface area contributed by atoms with E-state index in [-0.39, 0.29) is 0 Å². The first-order chi connectivity index (χ1) is 8.78. The molecule has 1 heterocycles. The molecule has 0 aromatic heterocycles. The molecular formula is C15H14ClNS. The lowest BCUT2D eigenvalue weighted by Crippen LogP contribution is -2.18. The summed E-state index contributed by atoms with van der Waals surface area (Å²) >= 11 is 7.96. The van der Waals surface area contributed by atoms with E-state index >= 15 is 0 Å². The normalized spacial score (nSPS) is 17.8. The van der Waals surface area contributed by atoms with Gasteiger partial charge in [0, 0.05) is 20.9 Å². The molecule has 1 aliphatic heterocycles. The third-order valence-electron chi connectivity index (χ3n) is 3.31. The van der Waals surface area contributed by atoms with Gasteiger partial charge in [-0.25, -0.2) is 0 Å². The maximum absolute atomic E-state index is 6.13. The first-order valence-corrected chi connectivity index (χ1v) is 7.20. The van der Waals surface area contributed by atoms with Crippen LogP contribution in [-0.4, -0.2) is 7.05 Å². The summed E-state index contributed by atoms with van der Waals surface area (Å²) in [6.45, 7) is 0. The largest absolute Gasteiger partial charge is 0.313 e. The maximum Gasteiger partial charge on any atom is 0.0410 e. The fourth-order valence-corrected chi connectivity index (χ4v) is 3.66. The Labute approximate surface area is 117 Å². The Morgan fingerprint density at radius 3 is 2.83 bits per heavy atom. The van der Waals surface area contributed by atoms with E-state index in [1.54, 1.807) is 0 Å². The van der Waals surface area contributed by atoms with Crippen LogP contribution in [0, 0.1) is 0 Å². The molecule has 1 atom stereocenters. The Morgan fingerprint density at radius 1 is 1.17 bits per heavy atom. The van der Waals surface area contributed by atoms with Gasteiger partial charge in [0.15, 0.2) is 0 Å². The van der Waals surface area contributed by atoms with E-state index in [1.807, 2.05) is 24.9 Å². The first-order valence-electron chi connectivity index (χ1n) is 6.00. The Bertz CT molecular complexity index is 582. The lowest BCUT2D eigenvalue weighted by molar-refractivity contribution is 0.582. The third-order valence-corrected chi connectivity index (χ3v) is 4.76. The van der Waals surface area contributed by atoms with E-state index in [0.717, 1.165) is 11.4 Å². The van der Waals surface area contributed by atoms with Gasteiger partial charge < -0.3 is 5.32 Å². The summed E-state index contributed by atoms with van der Waals surface area (Å²) in [6.07, 6.45) is 1.01. The molecule has 3 heteroatoms. The van der Waals surface area contributed by atoms with Gasteiger partial charge in [0.05, 0.1) is 0 Å². The molecule has 3 rings (SSSR count). The van der Waals surface area contributed by atoms with Crippen LogP contribution < -0.4 is 5.32 Å². The van der Waals surface area contributed by atoms with Crippen molar-refractivity contribution in [1.29, 1.82) is 0 Å². The SMILES string of the molecule is CNC1Cc2ccccc2Sc2ccc(Cl)cc21. The van der Waals surface area contributed by atoms with Crippen LogP contribution in [0.2, 0.25) is 5.02 Å². The van der Waals surface area contributed by atoms with Crippen LogP contribution in [-0.2, 0) is 6.42 Å². The summed E-state index contributed by atoms with van der Waals surface area (Å²) in [7, 11) is 2.01. The Morgan fingerprint density at radius 2 is 2.00 bits per heavy atom. The van der Waals surface area contributed by atoms with Crippen molar-refractivity contribution in [2.24, 2.45) is 0 Å². The van der Waals surface area contributed by atoms with E-state index < -0.39 is 0 Å². The molecule has 0 amide bonds. The second kappa shape index (κ2) is 4.96. The van der Waals surface area contributed by atoms with Gasteiger partial charge >= 0.3 is 0 Å². The summed E-state index contributed by atoms with van der Waals surface area (Å²) in [5, 5.41) is 4.20. The Balaban J connectivity index is 2.14. The number of hydrogen-bond donors (Lipinski definition) is 1. The molecule has 0 aliphatic carbocycles. The molecule has 18 heavy (non-hydrogen) atoms. The van der Waals surface area contributed by atoms with E-state index in [1.165, 1.54) is 20.9 Å². The lowest BCUT2D eigenvalue weighted by atomic mass is 9.99. The highest BCUT2D eigenvalue weighted by Gasteiger charge is 2.21. The van der Waals surface area contributed by atoms with Crippen LogP contribution in [0.5, 0.6) is 0 Å². The van der Waals surface area contributed by atoms with Gasteiger partial charge in [0.1, 0.15) is 0 Å². The minimum Gasteiger partial charge on any atom is -0.313 e. The summed E-state index contributed by atoms with van der Waals surface area (Å²) in [5.74, 6) is 0. The molecule has 0 fully saturated rings. The van der Waals surface area contributed by atoms with Gasteiger partial charge in [0.25, 0.3) is 0 Å². The number of halogens is 1. The van der Waals surface area contributed by atoms with Crippen LogP contribution in [0.4, 0.5) is 0 Å². The molecule has 0 radical (unpaired) electrons. The van der Waals surface area contributed by atoms with Crippen LogP contribution in [0.15, 0.2) is 52.3 Å². The molecule has 0 spiro atoms. The number of rotatable bonds is 1. The quantitative estimate of drug-likeness (QED) is 0.832. The smallest absolute Gasteiger partial charge is 0.0410 e. The molecule has 1 unspecified atom stereocenters. The average molecular weight is 276 g/mol. The van der Waals surface area contributed by atoms with Gasteiger partial charge in [-0.05, 0) is 48.9 Å². The van der Waals surface area contributed by atoms with Gasteiger partial charge in [-0.15, -0.1) is 0 Å². The molecule has 92 valence electrons. The molecule has 2 aromatic carbocycles. The zero-order chi connectivity index (χ0) is 12.5. The predicted molar refractivity (Wildman–Crippen MR) is 77.5 cm³/mol. The summed E-state index contributed by atoms with van der Waals surface area (Å²) in [5.41, 5.74) is 2.69. The van der Waals surface area contributed by atoms with Crippen molar-refractivity contribution in [3.05, 3.63) is 58.6 Å². The molecule has 0 saturated carbocycles. The van der Waals surface area contributed by atoms with Crippen molar-refractivity contribution in [2.75, 3.05) is 7.05 Å². The highest BCUT2D eigenvalue weighted by Crippen LogP contribution is 2.41. The van der Waals surface area contributed by atoms with Crippen molar-refractivity contribution >= 4 is 23.4 Å². The number of hydrogen-bond acceptors (Lipinski definition) is 2. The van der Waals surface area contributed by atoms with Gasteiger partial charge in [0.2, 0.25) is 0 Å². The topological polar surface area (TPSA) is 12.0 Å². The molecule has 0 saturated heterocycles. The predicted octanol–water partition coefficient (Wildman–Crippen LogP) is 4.31. The van der Waals surface area contributed by atoms with Crippen molar-refractivity contribution in [3.8, 4) is 0 Å². The third kappa shape index (κ3) is 2.16. The first kappa shape index (κ1) is 12.1. The number of benzene rings is 2. The minimum absolute atomic E-state index is 0.329. The monoisotopic (exact) mass is 275 g/mol. The molecule has 1 aliphatic rings. The standard InChI is InChI=1S/C15H14ClNS/c1-17-13-8-10-4-2-3-5-14(10)18-15-7-6-11(16)9-12(13)15/h2-7,9,13,17H,8H2,1H3. The van der Waals surface area contributed by atoms with E-state index in [4.69, 9.17) is 11.6 Å².